The number of nitrogens with one attached hydrogen (secondary N) is 2. The summed E-state index contributed by atoms with van der Waals surface area (Å²) in [7, 11) is 1.45. The maximum atomic E-state index is 11.8. The van der Waals surface area contributed by atoms with Crippen LogP contribution in [0.15, 0.2) is 12.1 Å². The number of methoxy groups -OCH3 is 1. The molecule has 0 spiro atoms. The van der Waals surface area contributed by atoms with Gasteiger partial charge < -0.3 is 25.8 Å². The molecule has 0 saturated carbocycles. The third-order valence-electron chi connectivity index (χ3n) is 2.64. The maximum absolute atomic E-state index is 11.8. The van der Waals surface area contributed by atoms with Crippen LogP contribution in [0.1, 0.15) is 0 Å². The fourth-order valence-electron chi connectivity index (χ4n) is 1.68. The quantitative estimate of drug-likeness (QED) is 0.755. The highest BCUT2D eigenvalue weighted by Crippen LogP contribution is 2.36. The Hall–Kier alpha value is -1.83. The van der Waals surface area contributed by atoms with E-state index in [1.165, 1.54) is 19.2 Å². The van der Waals surface area contributed by atoms with E-state index in [-0.39, 0.29) is 24.1 Å². The summed E-state index contributed by atoms with van der Waals surface area (Å²) in [6.07, 6.45) is 0. The molecule has 2 rings (SSSR count). The molecule has 0 aromatic heterocycles. The van der Waals surface area contributed by atoms with Crippen LogP contribution in [0.5, 0.6) is 5.75 Å². The molecule has 0 bridgehead atoms. The Morgan fingerprint density at radius 2 is 2.40 bits per heavy atom. The van der Waals surface area contributed by atoms with Gasteiger partial charge >= 0.3 is 0 Å². The summed E-state index contributed by atoms with van der Waals surface area (Å²) >= 11 is 6.04. The smallest absolute Gasteiger partial charge is 0.262 e. The first kappa shape index (κ1) is 14.6. The number of amides is 2. The normalized spacial score (nSPS) is 14.8. The number of rotatable bonds is 4. The number of anilines is 2. The van der Waals surface area contributed by atoms with Crippen molar-refractivity contribution < 1.29 is 19.1 Å². The monoisotopic (exact) mass is 299 g/mol. The van der Waals surface area contributed by atoms with Gasteiger partial charge in [-0.15, -0.1) is 0 Å². The molecule has 1 atom stereocenters. The summed E-state index contributed by atoms with van der Waals surface area (Å²) in [6, 6.07) is 2.24. The minimum absolute atomic E-state index is 0.0782. The van der Waals surface area contributed by atoms with Crippen molar-refractivity contribution >= 4 is 34.8 Å². The molecular formula is C12H14ClN3O4. The van der Waals surface area contributed by atoms with E-state index in [0.29, 0.717) is 17.1 Å². The van der Waals surface area contributed by atoms with Crippen molar-refractivity contribution in [3.8, 4) is 5.75 Å². The zero-order valence-corrected chi connectivity index (χ0v) is 11.5. The summed E-state index contributed by atoms with van der Waals surface area (Å²) in [6.45, 7) is 0.0200. The van der Waals surface area contributed by atoms with Crippen molar-refractivity contribution in [1.82, 2.24) is 0 Å². The van der Waals surface area contributed by atoms with Gasteiger partial charge in [0, 0.05) is 13.2 Å². The van der Waals surface area contributed by atoms with E-state index in [2.05, 4.69) is 10.6 Å². The van der Waals surface area contributed by atoms with E-state index in [9.17, 15) is 9.59 Å². The second kappa shape index (κ2) is 6.08. The number of carbonyl (C=O) groups excluding carboxylic acids is 2. The molecule has 1 heterocycles. The highest BCUT2D eigenvalue weighted by Gasteiger charge is 2.20. The van der Waals surface area contributed by atoms with Crippen LogP contribution in [0, 0.1) is 0 Å². The van der Waals surface area contributed by atoms with Crippen LogP contribution in [0.25, 0.3) is 0 Å². The van der Waals surface area contributed by atoms with Gasteiger partial charge in [-0.05, 0) is 6.07 Å². The van der Waals surface area contributed by atoms with E-state index in [0.717, 1.165) is 0 Å². The summed E-state index contributed by atoms with van der Waals surface area (Å²) in [4.78, 5) is 23.0. The minimum Gasteiger partial charge on any atom is -0.482 e. The molecule has 2 amide bonds. The number of carbonyl (C=O) groups is 2. The summed E-state index contributed by atoms with van der Waals surface area (Å²) in [5.41, 5.74) is 6.44. The van der Waals surface area contributed by atoms with Gasteiger partial charge in [-0.1, -0.05) is 11.6 Å². The van der Waals surface area contributed by atoms with E-state index in [1.807, 2.05) is 0 Å². The fraction of sp³-hybridized carbons (Fsp3) is 0.333. The van der Waals surface area contributed by atoms with Crippen molar-refractivity contribution in [3.63, 3.8) is 0 Å². The van der Waals surface area contributed by atoms with E-state index >= 15 is 0 Å². The van der Waals surface area contributed by atoms with Gasteiger partial charge in [0.05, 0.1) is 23.0 Å². The van der Waals surface area contributed by atoms with Gasteiger partial charge in [0.2, 0.25) is 5.91 Å². The van der Waals surface area contributed by atoms with Crippen molar-refractivity contribution in [2.75, 3.05) is 31.0 Å². The van der Waals surface area contributed by atoms with Gasteiger partial charge in [-0.2, -0.15) is 0 Å². The molecule has 1 aromatic carbocycles. The minimum atomic E-state index is -0.798. The summed E-state index contributed by atoms with van der Waals surface area (Å²) in [5.74, 6) is -0.245. The van der Waals surface area contributed by atoms with E-state index < -0.39 is 11.9 Å². The molecule has 0 saturated heterocycles. The summed E-state index contributed by atoms with van der Waals surface area (Å²) < 4.78 is 10.0. The average Bonchev–Trinajstić information content (AvgIpc) is 2.40. The van der Waals surface area contributed by atoms with Crippen LogP contribution in [-0.4, -0.2) is 38.2 Å². The Labute approximate surface area is 120 Å². The SMILES string of the molecule is COCC(N)C(=O)Nc1cc2c(cc1Cl)NC(=O)CO2. The van der Waals surface area contributed by atoms with E-state index in [1.54, 1.807) is 0 Å². The first-order valence-corrected chi connectivity index (χ1v) is 6.20. The van der Waals surface area contributed by atoms with Crippen LogP contribution in [0.2, 0.25) is 5.02 Å². The Morgan fingerprint density at radius 1 is 1.65 bits per heavy atom. The van der Waals surface area contributed by atoms with Crippen molar-refractivity contribution in [2.24, 2.45) is 5.73 Å². The molecule has 0 fully saturated rings. The second-order valence-electron chi connectivity index (χ2n) is 4.22. The first-order valence-electron chi connectivity index (χ1n) is 5.83. The van der Waals surface area contributed by atoms with Crippen molar-refractivity contribution in [1.29, 1.82) is 0 Å². The molecule has 7 nitrogen and oxygen atoms in total. The topological polar surface area (TPSA) is 103 Å². The zero-order valence-electron chi connectivity index (χ0n) is 10.7. The first-order chi connectivity index (χ1) is 9.51. The predicted molar refractivity (Wildman–Crippen MR) is 74.1 cm³/mol. The van der Waals surface area contributed by atoms with Crippen LogP contribution in [0.3, 0.4) is 0 Å². The van der Waals surface area contributed by atoms with Gasteiger partial charge in [-0.25, -0.2) is 0 Å². The fourth-order valence-corrected chi connectivity index (χ4v) is 1.89. The number of nitrogens with two attached hydrogens (primary N) is 1. The van der Waals surface area contributed by atoms with Gasteiger partial charge in [0.1, 0.15) is 11.8 Å². The average molecular weight is 300 g/mol. The molecule has 4 N–H and O–H groups in total. The van der Waals surface area contributed by atoms with E-state index in [4.69, 9.17) is 26.8 Å². The van der Waals surface area contributed by atoms with Crippen LogP contribution in [-0.2, 0) is 14.3 Å². The van der Waals surface area contributed by atoms with Gasteiger partial charge in [-0.3, -0.25) is 9.59 Å². The molecule has 0 radical (unpaired) electrons. The molecule has 8 heteroatoms. The van der Waals surface area contributed by atoms with Crippen LogP contribution < -0.4 is 21.1 Å². The zero-order chi connectivity index (χ0) is 14.7. The molecule has 1 unspecified atom stereocenters. The molecule has 1 aliphatic rings. The Morgan fingerprint density at radius 3 is 3.10 bits per heavy atom. The van der Waals surface area contributed by atoms with Crippen LogP contribution >= 0.6 is 11.6 Å². The largest absolute Gasteiger partial charge is 0.482 e. The van der Waals surface area contributed by atoms with Gasteiger partial charge in [0.25, 0.3) is 5.91 Å². The maximum Gasteiger partial charge on any atom is 0.262 e. The number of halogens is 1. The standard InChI is InChI=1S/C12H14ClN3O4/c1-19-4-7(14)12(18)16-8-3-10-9(2-6(8)13)15-11(17)5-20-10/h2-3,7H,4-5,14H2,1H3,(H,15,17)(H,16,18). The molecule has 1 aliphatic heterocycles. The van der Waals surface area contributed by atoms with Gasteiger partial charge in [0.15, 0.2) is 6.61 Å². The Balaban J connectivity index is 2.17. The number of fused-ring (bicyclic) bond motifs is 1. The molecule has 108 valence electrons. The predicted octanol–water partition coefficient (Wildman–Crippen LogP) is 0.583. The van der Waals surface area contributed by atoms with Crippen molar-refractivity contribution in [2.45, 2.75) is 6.04 Å². The second-order valence-corrected chi connectivity index (χ2v) is 4.62. The number of hydrogen-bond acceptors (Lipinski definition) is 5. The molecule has 20 heavy (non-hydrogen) atoms. The molecule has 0 aliphatic carbocycles. The number of ether oxygens (including phenoxy) is 2. The lowest BCUT2D eigenvalue weighted by Gasteiger charge is -2.20. The number of benzene rings is 1. The highest BCUT2D eigenvalue weighted by atomic mass is 35.5. The third kappa shape index (κ3) is 3.19. The Bertz CT molecular complexity index is 550. The Kier molecular flexibility index (Phi) is 4.43. The number of hydrogen-bond donors (Lipinski definition) is 3. The lowest BCUT2D eigenvalue weighted by molar-refractivity contribution is -0.119. The van der Waals surface area contributed by atoms with Crippen LogP contribution in [0.4, 0.5) is 11.4 Å². The third-order valence-corrected chi connectivity index (χ3v) is 2.96. The highest BCUT2D eigenvalue weighted by molar-refractivity contribution is 6.34. The lowest BCUT2D eigenvalue weighted by Crippen LogP contribution is -2.39. The lowest BCUT2D eigenvalue weighted by atomic mass is 10.2. The van der Waals surface area contributed by atoms with Crippen molar-refractivity contribution in [3.05, 3.63) is 17.2 Å². The molecule has 1 aromatic rings. The summed E-state index contributed by atoms with van der Waals surface area (Å²) in [5, 5.41) is 5.48. The molecular weight excluding hydrogens is 286 g/mol.